The molecule has 4 rings (SSSR count). The van der Waals surface area contributed by atoms with Crippen LogP contribution in [0.15, 0.2) is 108 Å². The Kier molecular flexibility index (Phi) is 10.7. The maximum atomic E-state index is 11.5. The molecule has 0 aliphatic rings. The first kappa shape index (κ1) is 25.2. The monoisotopic (exact) mass is 490 g/mol. The average molecular weight is 492 g/mol. The van der Waals surface area contributed by atoms with Crippen LogP contribution in [-0.2, 0) is 19.5 Å². The molecule has 33 heavy (non-hydrogen) atoms. The predicted octanol–water partition coefficient (Wildman–Crippen LogP) is 3.55. The topological polar surface area (TPSA) is 114 Å². The van der Waals surface area contributed by atoms with Gasteiger partial charge in [-0.25, -0.2) is 10.9 Å². The molecule has 2 heterocycles. The summed E-state index contributed by atoms with van der Waals surface area (Å²) < 4.78 is 0. The summed E-state index contributed by atoms with van der Waals surface area (Å²) in [5.41, 5.74) is 7.76. The number of aromatic amines is 2. The SMILES string of the molecule is O=C(N/N=C/c1ccc[nH]1)c1ccccc1.O=C(N/N=C/c1ccc[nH]1)c1ccccc1.[Zn]. The summed E-state index contributed by atoms with van der Waals surface area (Å²) in [6.07, 6.45) is 6.70. The van der Waals surface area contributed by atoms with Gasteiger partial charge >= 0.3 is 0 Å². The second kappa shape index (κ2) is 14.1. The summed E-state index contributed by atoms with van der Waals surface area (Å²) in [7, 11) is 0. The first-order valence-corrected chi connectivity index (χ1v) is 9.76. The number of hydrogen-bond acceptors (Lipinski definition) is 4. The molecule has 0 bridgehead atoms. The van der Waals surface area contributed by atoms with Crippen molar-refractivity contribution in [2.24, 2.45) is 10.2 Å². The molecule has 9 heteroatoms. The van der Waals surface area contributed by atoms with Gasteiger partial charge in [0, 0.05) is 43.0 Å². The molecule has 0 saturated carbocycles. The minimum Gasteiger partial charge on any atom is -0.360 e. The third-order valence-corrected chi connectivity index (χ3v) is 4.06. The van der Waals surface area contributed by atoms with Gasteiger partial charge in [-0.3, -0.25) is 9.59 Å². The molecule has 162 valence electrons. The van der Waals surface area contributed by atoms with Crippen LogP contribution in [0.5, 0.6) is 0 Å². The molecule has 2 aromatic carbocycles. The van der Waals surface area contributed by atoms with Crippen molar-refractivity contribution in [2.45, 2.75) is 0 Å². The fourth-order valence-electron chi connectivity index (χ4n) is 2.48. The number of nitrogens with zero attached hydrogens (tertiary/aromatic N) is 2. The minimum absolute atomic E-state index is 0. The third-order valence-electron chi connectivity index (χ3n) is 4.06. The van der Waals surface area contributed by atoms with Crippen molar-refractivity contribution in [1.29, 1.82) is 0 Å². The summed E-state index contributed by atoms with van der Waals surface area (Å²) >= 11 is 0. The van der Waals surface area contributed by atoms with Crippen LogP contribution in [0, 0.1) is 0 Å². The van der Waals surface area contributed by atoms with Crippen LogP contribution in [0.25, 0.3) is 0 Å². The van der Waals surface area contributed by atoms with E-state index in [1.54, 1.807) is 49.1 Å². The van der Waals surface area contributed by atoms with Gasteiger partial charge in [-0.05, 0) is 48.5 Å². The minimum atomic E-state index is -0.219. The molecular formula is C24H22N6O2Zn. The van der Waals surface area contributed by atoms with Gasteiger partial charge in [0.15, 0.2) is 0 Å². The largest absolute Gasteiger partial charge is 0.360 e. The molecule has 4 aromatic rings. The summed E-state index contributed by atoms with van der Waals surface area (Å²) in [6.45, 7) is 0. The fourth-order valence-corrected chi connectivity index (χ4v) is 2.48. The Labute approximate surface area is 204 Å². The molecule has 0 atom stereocenters. The van der Waals surface area contributed by atoms with Crippen molar-refractivity contribution in [3.63, 3.8) is 0 Å². The Bertz CT molecular complexity index is 1050. The molecule has 0 fully saturated rings. The number of hydrogen-bond donors (Lipinski definition) is 4. The predicted molar refractivity (Wildman–Crippen MR) is 125 cm³/mol. The van der Waals surface area contributed by atoms with Crippen LogP contribution in [0.4, 0.5) is 0 Å². The number of hydrazone groups is 2. The molecule has 4 N–H and O–H groups in total. The van der Waals surface area contributed by atoms with E-state index in [0.717, 1.165) is 11.4 Å². The number of H-pyrrole nitrogens is 2. The van der Waals surface area contributed by atoms with Gasteiger partial charge in [-0.2, -0.15) is 10.2 Å². The van der Waals surface area contributed by atoms with Gasteiger partial charge in [0.2, 0.25) is 0 Å². The van der Waals surface area contributed by atoms with Gasteiger partial charge < -0.3 is 9.97 Å². The maximum Gasteiger partial charge on any atom is 0.271 e. The van der Waals surface area contributed by atoms with Gasteiger partial charge in [0.1, 0.15) is 0 Å². The van der Waals surface area contributed by atoms with E-state index >= 15 is 0 Å². The van der Waals surface area contributed by atoms with Crippen molar-refractivity contribution in [3.05, 3.63) is 120 Å². The number of carbonyl (C=O) groups excluding carboxylic acids is 2. The molecule has 0 aliphatic heterocycles. The fraction of sp³-hybridized carbons (Fsp3) is 0. The van der Waals surface area contributed by atoms with E-state index in [1.807, 2.05) is 60.7 Å². The van der Waals surface area contributed by atoms with Crippen molar-refractivity contribution < 1.29 is 29.1 Å². The number of amides is 2. The van der Waals surface area contributed by atoms with Crippen molar-refractivity contribution in [3.8, 4) is 0 Å². The molecule has 0 aliphatic carbocycles. The van der Waals surface area contributed by atoms with Crippen LogP contribution >= 0.6 is 0 Å². The summed E-state index contributed by atoms with van der Waals surface area (Å²) in [5.74, 6) is -0.438. The molecule has 2 amide bonds. The van der Waals surface area contributed by atoms with E-state index < -0.39 is 0 Å². The van der Waals surface area contributed by atoms with E-state index in [4.69, 9.17) is 0 Å². The Morgan fingerprint density at radius 1 is 0.606 bits per heavy atom. The van der Waals surface area contributed by atoms with Crippen molar-refractivity contribution >= 4 is 24.2 Å². The van der Waals surface area contributed by atoms with E-state index in [0.29, 0.717) is 11.1 Å². The molecule has 0 unspecified atom stereocenters. The Morgan fingerprint density at radius 3 is 1.33 bits per heavy atom. The summed E-state index contributed by atoms with van der Waals surface area (Å²) in [5, 5.41) is 7.67. The Hall–Kier alpha value is -4.10. The van der Waals surface area contributed by atoms with Gasteiger partial charge in [-0.15, -0.1) is 0 Å². The molecule has 0 radical (unpaired) electrons. The van der Waals surface area contributed by atoms with Gasteiger partial charge in [-0.1, -0.05) is 36.4 Å². The van der Waals surface area contributed by atoms with Crippen molar-refractivity contribution in [2.75, 3.05) is 0 Å². The zero-order chi connectivity index (χ0) is 22.4. The quantitative estimate of drug-likeness (QED) is 0.188. The van der Waals surface area contributed by atoms with E-state index in [2.05, 4.69) is 31.0 Å². The first-order chi connectivity index (χ1) is 15.7. The van der Waals surface area contributed by atoms with Crippen LogP contribution in [0.1, 0.15) is 32.1 Å². The summed E-state index contributed by atoms with van der Waals surface area (Å²) in [4.78, 5) is 29.0. The van der Waals surface area contributed by atoms with Crippen LogP contribution in [-0.4, -0.2) is 34.2 Å². The van der Waals surface area contributed by atoms with Crippen LogP contribution in [0.3, 0.4) is 0 Å². The number of aromatic nitrogens is 2. The Morgan fingerprint density at radius 2 is 1.00 bits per heavy atom. The molecule has 0 spiro atoms. The number of rotatable bonds is 6. The number of benzene rings is 2. The summed E-state index contributed by atoms with van der Waals surface area (Å²) in [6, 6.07) is 25.3. The van der Waals surface area contributed by atoms with Crippen molar-refractivity contribution in [1.82, 2.24) is 20.8 Å². The number of nitrogens with one attached hydrogen (secondary N) is 4. The molecular weight excluding hydrogens is 470 g/mol. The first-order valence-electron chi connectivity index (χ1n) is 9.76. The smallest absolute Gasteiger partial charge is 0.271 e. The average Bonchev–Trinajstić information content (AvgIpc) is 3.55. The zero-order valence-corrected chi connectivity index (χ0v) is 20.8. The zero-order valence-electron chi connectivity index (χ0n) is 17.8. The van der Waals surface area contributed by atoms with E-state index in [-0.39, 0.29) is 31.3 Å². The normalized spacial score (nSPS) is 10.2. The Balaban J connectivity index is 0.000000227. The standard InChI is InChI=1S/2C12H11N3O.Zn/c2*16-12(10-5-2-1-3-6-10)15-14-9-11-7-4-8-13-11;/h2*1-9,13H,(H,15,16);/b2*14-9+;. The molecule has 0 saturated heterocycles. The van der Waals surface area contributed by atoms with E-state index in [1.165, 1.54) is 0 Å². The van der Waals surface area contributed by atoms with Crippen LogP contribution in [0.2, 0.25) is 0 Å². The van der Waals surface area contributed by atoms with E-state index in [9.17, 15) is 9.59 Å². The number of carbonyl (C=O) groups is 2. The third kappa shape index (κ3) is 8.89. The molecule has 2 aromatic heterocycles. The van der Waals surface area contributed by atoms with Gasteiger partial charge in [0.25, 0.3) is 11.8 Å². The second-order valence-corrected chi connectivity index (χ2v) is 6.38. The molecule has 8 nitrogen and oxygen atoms in total. The van der Waals surface area contributed by atoms with Gasteiger partial charge in [0.05, 0.1) is 23.8 Å². The van der Waals surface area contributed by atoms with Crippen LogP contribution < -0.4 is 10.9 Å². The maximum absolute atomic E-state index is 11.5. The second-order valence-electron chi connectivity index (χ2n) is 6.38.